The fourth-order valence-electron chi connectivity index (χ4n) is 1.78. The fraction of sp³-hybridized carbons (Fsp3) is 0.706. The van der Waals surface area contributed by atoms with Gasteiger partial charge in [0.25, 0.3) is 0 Å². The first-order chi connectivity index (χ1) is 9.87. The molecule has 0 aromatic carbocycles. The lowest BCUT2D eigenvalue weighted by molar-refractivity contribution is -0.0380. The van der Waals surface area contributed by atoms with Crippen molar-refractivity contribution in [1.29, 1.82) is 0 Å². The van der Waals surface area contributed by atoms with Gasteiger partial charge in [0.1, 0.15) is 0 Å². The third-order valence-electron chi connectivity index (χ3n) is 2.74. The largest absolute Gasteiger partial charge is 0.373 e. The van der Waals surface area contributed by atoms with Gasteiger partial charge in [-0.2, -0.15) is 0 Å². The summed E-state index contributed by atoms with van der Waals surface area (Å²) in [7, 11) is 0. The second-order valence-corrected chi connectivity index (χ2v) is 6.66. The summed E-state index contributed by atoms with van der Waals surface area (Å²) in [5.74, 6) is 0.652. The average Bonchev–Trinajstić information content (AvgIpc) is 2.37. The highest BCUT2D eigenvalue weighted by molar-refractivity contribution is 5.10. The molecular weight excluding hydrogens is 264 g/mol. The molecule has 4 nitrogen and oxygen atoms in total. The van der Waals surface area contributed by atoms with Crippen LogP contribution in [0.15, 0.2) is 18.2 Å². The minimum atomic E-state index is -0.108. The molecule has 1 aromatic heterocycles. The number of ether oxygens (including phenoxy) is 2. The van der Waals surface area contributed by atoms with E-state index in [1.807, 2.05) is 39.0 Å². The molecule has 1 rings (SSSR count). The topological polar surface area (TPSA) is 43.4 Å². The van der Waals surface area contributed by atoms with Crippen LogP contribution < -0.4 is 5.32 Å². The summed E-state index contributed by atoms with van der Waals surface area (Å²) in [6.07, 6.45) is 0. The van der Waals surface area contributed by atoms with Crippen LogP contribution in [-0.4, -0.2) is 30.3 Å². The molecule has 0 aliphatic rings. The lowest BCUT2D eigenvalue weighted by Crippen LogP contribution is -2.22. The lowest BCUT2D eigenvalue weighted by atomic mass is 10.2. The molecule has 0 unspecified atom stereocenters. The summed E-state index contributed by atoms with van der Waals surface area (Å²) in [6.45, 7) is 14.1. The molecule has 120 valence electrons. The molecule has 0 fully saturated rings. The van der Waals surface area contributed by atoms with Crippen LogP contribution >= 0.6 is 0 Å². The normalized spacial score (nSPS) is 12.1. The Morgan fingerprint density at radius 2 is 1.86 bits per heavy atom. The van der Waals surface area contributed by atoms with Crippen molar-refractivity contribution in [3.63, 3.8) is 0 Å². The van der Waals surface area contributed by atoms with Crippen LogP contribution in [0.25, 0.3) is 0 Å². The quantitative estimate of drug-likeness (QED) is 0.711. The van der Waals surface area contributed by atoms with Gasteiger partial charge in [0.05, 0.1) is 36.8 Å². The Morgan fingerprint density at radius 1 is 1.14 bits per heavy atom. The number of hydrogen-bond donors (Lipinski definition) is 1. The zero-order chi connectivity index (χ0) is 15.7. The number of nitrogens with one attached hydrogen (secondary N) is 1. The molecule has 0 amide bonds. The SMILES string of the molecule is CC(C)CNCc1cccc(COCCOC(C)(C)C)n1. The van der Waals surface area contributed by atoms with Gasteiger partial charge in [-0.1, -0.05) is 19.9 Å². The molecular formula is C17H30N2O2. The van der Waals surface area contributed by atoms with Crippen LogP contribution in [0.1, 0.15) is 46.0 Å². The molecule has 1 N–H and O–H groups in total. The van der Waals surface area contributed by atoms with Crippen LogP contribution in [-0.2, 0) is 22.6 Å². The molecule has 0 saturated heterocycles. The van der Waals surface area contributed by atoms with Gasteiger partial charge in [-0.3, -0.25) is 4.98 Å². The summed E-state index contributed by atoms with van der Waals surface area (Å²) in [6, 6.07) is 6.07. The summed E-state index contributed by atoms with van der Waals surface area (Å²) >= 11 is 0. The Labute approximate surface area is 129 Å². The average molecular weight is 294 g/mol. The van der Waals surface area contributed by atoms with Crippen molar-refractivity contribution in [2.45, 2.75) is 53.4 Å². The maximum absolute atomic E-state index is 5.61. The molecule has 21 heavy (non-hydrogen) atoms. The Hall–Kier alpha value is -0.970. The van der Waals surface area contributed by atoms with Gasteiger partial charge in [-0.05, 0) is 45.4 Å². The van der Waals surface area contributed by atoms with Crippen molar-refractivity contribution >= 4 is 0 Å². The van der Waals surface area contributed by atoms with Gasteiger partial charge in [-0.15, -0.1) is 0 Å². The summed E-state index contributed by atoms with van der Waals surface area (Å²) < 4.78 is 11.2. The van der Waals surface area contributed by atoms with E-state index in [-0.39, 0.29) is 5.60 Å². The first-order valence-electron chi connectivity index (χ1n) is 7.74. The Morgan fingerprint density at radius 3 is 2.52 bits per heavy atom. The van der Waals surface area contributed by atoms with Crippen molar-refractivity contribution in [3.8, 4) is 0 Å². The van der Waals surface area contributed by atoms with E-state index in [0.29, 0.717) is 25.7 Å². The van der Waals surface area contributed by atoms with E-state index >= 15 is 0 Å². The Kier molecular flexibility index (Phi) is 7.86. The number of aromatic nitrogens is 1. The van der Waals surface area contributed by atoms with Crippen molar-refractivity contribution in [1.82, 2.24) is 10.3 Å². The first-order valence-corrected chi connectivity index (χ1v) is 7.74. The summed E-state index contributed by atoms with van der Waals surface area (Å²) in [5.41, 5.74) is 1.92. The van der Waals surface area contributed by atoms with Crippen LogP contribution in [0.5, 0.6) is 0 Å². The fourth-order valence-corrected chi connectivity index (χ4v) is 1.78. The summed E-state index contributed by atoms with van der Waals surface area (Å²) in [4.78, 5) is 4.59. The minimum Gasteiger partial charge on any atom is -0.373 e. The van der Waals surface area contributed by atoms with Crippen molar-refractivity contribution in [2.24, 2.45) is 5.92 Å². The van der Waals surface area contributed by atoms with Gasteiger partial charge in [0.2, 0.25) is 0 Å². The Bertz CT molecular complexity index is 400. The molecule has 0 bridgehead atoms. The van der Waals surface area contributed by atoms with Crippen LogP contribution in [0.2, 0.25) is 0 Å². The smallest absolute Gasteiger partial charge is 0.0889 e. The zero-order valence-corrected chi connectivity index (χ0v) is 14.1. The lowest BCUT2D eigenvalue weighted by Gasteiger charge is -2.19. The number of hydrogen-bond acceptors (Lipinski definition) is 4. The molecule has 4 heteroatoms. The standard InChI is InChI=1S/C17H30N2O2/c1-14(2)11-18-12-15-7-6-8-16(19-15)13-20-9-10-21-17(3,4)5/h6-8,14,18H,9-13H2,1-5H3. The van der Waals surface area contributed by atoms with Crippen molar-refractivity contribution in [3.05, 3.63) is 29.6 Å². The molecule has 1 aromatic rings. The second kappa shape index (κ2) is 9.13. The Balaban J connectivity index is 2.26. The van der Waals surface area contributed by atoms with E-state index in [1.54, 1.807) is 0 Å². The van der Waals surface area contributed by atoms with E-state index in [2.05, 4.69) is 24.1 Å². The predicted octanol–water partition coefficient (Wildman–Crippen LogP) is 3.16. The zero-order valence-electron chi connectivity index (χ0n) is 14.1. The van der Waals surface area contributed by atoms with E-state index in [4.69, 9.17) is 9.47 Å². The highest BCUT2D eigenvalue weighted by atomic mass is 16.5. The van der Waals surface area contributed by atoms with Gasteiger partial charge in [0.15, 0.2) is 0 Å². The molecule has 0 saturated carbocycles. The highest BCUT2D eigenvalue weighted by Crippen LogP contribution is 2.06. The number of pyridine rings is 1. The van der Waals surface area contributed by atoms with Gasteiger partial charge in [0, 0.05) is 6.54 Å². The molecule has 1 heterocycles. The number of rotatable bonds is 9. The molecule has 0 atom stereocenters. The summed E-state index contributed by atoms with van der Waals surface area (Å²) in [5, 5.41) is 3.40. The van der Waals surface area contributed by atoms with Crippen LogP contribution in [0.3, 0.4) is 0 Å². The maximum atomic E-state index is 5.61. The molecule has 0 radical (unpaired) electrons. The van der Waals surface area contributed by atoms with Crippen molar-refractivity contribution < 1.29 is 9.47 Å². The molecule has 0 spiro atoms. The van der Waals surface area contributed by atoms with Gasteiger partial charge in [-0.25, -0.2) is 0 Å². The molecule has 0 aliphatic carbocycles. The third kappa shape index (κ3) is 9.56. The van der Waals surface area contributed by atoms with E-state index in [1.165, 1.54) is 0 Å². The van der Waals surface area contributed by atoms with Crippen LogP contribution in [0.4, 0.5) is 0 Å². The minimum absolute atomic E-state index is 0.108. The predicted molar refractivity (Wildman–Crippen MR) is 86.1 cm³/mol. The van der Waals surface area contributed by atoms with E-state index in [9.17, 15) is 0 Å². The molecule has 0 aliphatic heterocycles. The first kappa shape index (κ1) is 18.1. The highest BCUT2D eigenvalue weighted by Gasteiger charge is 2.09. The second-order valence-electron chi connectivity index (χ2n) is 6.66. The van der Waals surface area contributed by atoms with Gasteiger partial charge < -0.3 is 14.8 Å². The monoisotopic (exact) mass is 294 g/mol. The van der Waals surface area contributed by atoms with Gasteiger partial charge >= 0.3 is 0 Å². The maximum Gasteiger partial charge on any atom is 0.0889 e. The third-order valence-corrected chi connectivity index (χ3v) is 2.74. The van der Waals surface area contributed by atoms with Crippen LogP contribution in [0, 0.1) is 5.92 Å². The van der Waals surface area contributed by atoms with E-state index < -0.39 is 0 Å². The van der Waals surface area contributed by atoms with Crippen molar-refractivity contribution in [2.75, 3.05) is 19.8 Å². The number of nitrogens with zero attached hydrogens (tertiary/aromatic N) is 1. The van der Waals surface area contributed by atoms with E-state index in [0.717, 1.165) is 24.5 Å².